The van der Waals surface area contributed by atoms with Gasteiger partial charge >= 0.3 is 0 Å². The third kappa shape index (κ3) is 3.82. The second kappa shape index (κ2) is 8.61. The predicted molar refractivity (Wildman–Crippen MR) is 123 cm³/mol. The van der Waals surface area contributed by atoms with Gasteiger partial charge in [0.25, 0.3) is 5.91 Å². The number of methoxy groups -OCH3 is 2. The monoisotopic (exact) mass is 446 g/mol. The molecule has 0 aliphatic carbocycles. The Kier molecular flexibility index (Phi) is 5.50. The molecular weight excluding hydrogens is 420 g/mol. The highest BCUT2D eigenvalue weighted by Gasteiger charge is 2.29. The summed E-state index contributed by atoms with van der Waals surface area (Å²) >= 11 is 0. The highest BCUT2D eigenvalue weighted by molar-refractivity contribution is 5.95. The topological polar surface area (TPSA) is 82.1 Å². The quantitative estimate of drug-likeness (QED) is 0.454. The summed E-state index contributed by atoms with van der Waals surface area (Å²) in [5.74, 6) is 2.84. The van der Waals surface area contributed by atoms with E-state index in [1.54, 1.807) is 31.1 Å². The molecule has 170 valence electrons. The molecule has 1 atom stereocenters. The number of aryl methyl sites for hydroxylation is 1. The number of furan rings is 1. The van der Waals surface area contributed by atoms with E-state index >= 15 is 0 Å². The van der Waals surface area contributed by atoms with Crippen LogP contribution in [0.5, 0.6) is 11.5 Å². The van der Waals surface area contributed by atoms with E-state index in [9.17, 15) is 4.79 Å². The first-order valence-corrected chi connectivity index (χ1v) is 11.0. The van der Waals surface area contributed by atoms with Crippen molar-refractivity contribution in [2.24, 2.45) is 0 Å². The van der Waals surface area contributed by atoms with Gasteiger partial charge in [0.15, 0.2) is 23.0 Å². The molecule has 0 saturated carbocycles. The fraction of sp³-hybridized carbons (Fsp3) is 0.320. The summed E-state index contributed by atoms with van der Waals surface area (Å²) < 4.78 is 18.1. The van der Waals surface area contributed by atoms with Gasteiger partial charge in [0.1, 0.15) is 5.76 Å². The molecule has 8 nitrogen and oxygen atoms in total. The van der Waals surface area contributed by atoms with E-state index in [0.717, 1.165) is 42.0 Å². The van der Waals surface area contributed by atoms with Crippen molar-refractivity contribution in [2.45, 2.75) is 25.7 Å². The van der Waals surface area contributed by atoms with Crippen LogP contribution in [0.3, 0.4) is 0 Å². The van der Waals surface area contributed by atoms with Crippen LogP contribution < -0.4 is 9.47 Å². The molecule has 0 radical (unpaired) electrons. The summed E-state index contributed by atoms with van der Waals surface area (Å²) in [5, 5.41) is 4.77. The summed E-state index contributed by atoms with van der Waals surface area (Å²) in [5.41, 5.74) is 3.26. The molecule has 8 heteroatoms. The number of para-hydroxylation sites is 1. The molecule has 4 aromatic rings. The first kappa shape index (κ1) is 21.1. The minimum absolute atomic E-state index is 0.00196. The molecule has 4 heterocycles. The number of hydrogen-bond donors (Lipinski definition) is 0. The van der Waals surface area contributed by atoms with Gasteiger partial charge in [-0.25, -0.2) is 9.50 Å². The number of nitrogens with zero attached hydrogens (tertiary/aromatic N) is 4. The number of piperidine rings is 1. The van der Waals surface area contributed by atoms with Gasteiger partial charge in [-0.05, 0) is 44.0 Å². The van der Waals surface area contributed by atoms with Gasteiger partial charge in [-0.2, -0.15) is 5.10 Å². The van der Waals surface area contributed by atoms with Crippen LogP contribution in [-0.2, 0) is 0 Å². The molecule has 1 aliphatic heterocycles. The highest BCUT2D eigenvalue weighted by Crippen LogP contribution is 2.38. The second-order valence-corrected chi connectivity index (χ2v) is 8.21. The van der Waals surface area contributed by atoms with E-state index in [1.165, 1.54) is 0 Å². The second-order valence-electron chi connectivity index (χ2n) is 8.21. The van der Waals surface area contributed by atoms with Crippen LogP contribution in [0.15, 0.2) is 53.3 Å². The zero-order valence-electron chi connectivity index (χ0n) is 18.9. The lowest BCUT2D eigenvalue weighted by atomic mass is 9.97. The maximum absolute atomic E-state index is 12.9. The number of rotatable bonds is 5. The number of ether oxygens (including phenoxy) is 2. The molecule has 1 amide bonds. The van der Waals surface area contributed by atoms with Crippen molar-refractivity contribution >= 4 is 11.6 Å². The number of hydrogen-bond acceptors (Lipinski definition) is 6. The van der Waals surface area contributed by atoms with Crippen LogP contribution in [0.4, 0.5) is 0 Å². The van der Waals surface area contributed by atoms with E-state index in [-0.39, 0.29) is 11.8 Å². The molecule has 1 fully saturated rings. The van der Waals surface area contributed by atoms with Crippen molar-refractivity contribution in [3.05, 3.63) is 66.0 Å². The summed E-state index contributed by atoms with van der Waals surface area (Å²) in [6.07, 6.45) is 5.36. The molecular formula is C25H26N4O4. The molecule has 0 spiro atoms. The van der Waals surface area contributed by atoms with Crippen LogP contribution in [0, 0.1) is 6.92 Å². The summed E-state index contributed by atoms with van der Waals surface area (Å²) in [4.78, 5) is 19.6. The first-order chi connectivity index (χ1) is 16.1. The number of pyridine rings is 1. The van der Waals surface area contributed by atoms with Gasteiger partial charge in [-0.1, -0.05) is 12.1 Å². The number of benzene rings is 1. The van der Waals surface area contributed by atoms with Crippen LogP contribution in [-0.4, -0.2) is 52.7 Å². The lowest BCUT2D eigenvalue weighted by molar-refractivity contribution is 0.0703. The average molecular weight is 447 g/mol. The molecule has 1 aromatic carbocycles. The van der Waals surface area contributed by atoms with E-state index in [2.05, 4.69) is 0 Å². The number of amides is 1. The molecule has 3 aromatic heterocycles. The standard InChI is InChI=1S/C25H26N4O4/c1-16-19(11-13-33-16)25(30)28-12-5-6-18(14-28)24-26-22-10-9-17(15-29(22)27-24)20-7-4-8-21(31-2)23(20)32-3/h4,7-11,13,15,18H,5-6,12,14H2,1-3H3/t18-/m1/s1. The molecule has 0 N–H and O–H groups in total. The van der Waals surface area contributed by atoms with Crippen molar-refractivity contribution in [3.63, 3.8) is 0 Å². The van der Waals surface area contributed by atoms with E-state index in [0.29, 0.717) is 29.4 Å². The SMILES string of the molecule is COc1cccc(-c2ccc3nc([C@@H]4CCCN(C(=O)c5ccoc5C)C4)nn3c2)c1OC. The van der Waals surface area contributed by atoms with Crippen molar-refractivity contribution in [1.29, 1.82) is 0 Å². The number of carbonyl (C=O) groups is 1. The Balaban J connectivity index is 1.42. The minimum atomic E-state index is 0.00196. The zero-order chi connectivity index (χ0) is 22.9. The van der Waals surface area contributed by atoms with Crippen LogP contribution in [0.1, 0.15) is 40.7 Å². The van der Waals surface area contributed by atoms with Crippen LogP contribution in [0.25, 0.3) is 16.8 Å². The van der Waals surface area contributed by atoms with Gasteiger partial charge in [0, 0.05) is 36.3 Å². The largest absolute Gasteiger partial charge is 0.493 e. The smallest absolute Gasteiger partial charge is 0.257 e. The Labute approximate surface area is 191 Å². The van der Waals surface area contributed by atoms with E-state index < -0.39 is 0 Å². The van der Waals surface area contributed by atoms with Crippen LogP contribution >= 0.6 is 0 Å². The lowest BCUT2D eigenvalue weighted by Crippen LogP contribution is -2.39. The Hall–Kier alpha value is -3.81. The molecule has 0 unspecified atom stereocenters. The number of carbonyl (C=O) groups excluding carboxylic acids is 1. The lowest BCUT2D eigenvalue weighted by Gasteiger charge is -2.31. The van der Waals surface area contributed by atoms with Gasteiger partial charge in [0.05, 0.1) is 26.0 Å². The van der Waals surface area contributed by atoms with Crippen molar-refractivity contribution < 1.29 is 18.7 Å². The maximum Gasteiger partial charge on any atom is 0.257 e. The van der Waals surface area contributed by atoms with Crippen molar-refractivity contribution in [2.75, 3.05) is 27.3 Å². The minimum Gasteiger partial charge on any atom is -0.493 e. The van der Waals surface area contributed by atoms with Crippen molar-refractivity contribution in [3.8, 4) is 22.6 Å². The normalized spacial score (nSPS) is 16.2. The van der Waals surface area contributed by atoms with Gasteiger partial charge < -0.3 is 18.8 Å². The predicted octanol–water partition coefficient (Wildman–Crippen LogP) is 4.33. The molecule has 33 heavy (non-hydrogen) atoms. The van der Waals surface area contributed by atoms with Gasteiger partial charge in [0.2, 0.25) is 0 Å². The van der Waals surface area contributed by atoms with Crippen LogP contribution in [0.2, 0.25) is 0 Å². The zero-order valence-corrected chi connectivity index (χ0v) is 18.9. The Bertz CT molecular complexity index is 1310. The molecule has 1 saturated heterocycles. The third-order valence-corrected chi connectivity index (χ3v) is 6.22. The van der Waals surface area contributed by atoms with Crippen molar-refractivity contribution in [1.82, 2.24) is 19.5 Å². The van der Waals surface area contributed by atoms with Gasteiger partial charge in [-0.15, -0.1) is 0 Å². The fourth-order valence-electron chi connectivity index (χ4n) is 4.50. The average Bonchev–Trinajstić information content (AvgIpc) is 3.48. The Morgan fingerprint density at radius 2 is 2.03 bits per heavy atom. The van der Waals surface area contributed by atoms with E-state index in [1.807, 2.05) is 48.4 Å². The Morgan fingerprint density at radius 1 is 1.15 bits per heavy atom. The first-order valence-electron chi connectivity index (χ1n) is 11.0. The highest BCUT2D eigenvalue weighted by atomic mass is 16.5. The third-order valence-electron chi connectivity index (χ3n) is 6.22. The molecule has 5 rings (SSSR count). The van der Waals surface area contributed by atoms with E-state index in [4.69, 9.17) is 24.0 Å². The maximum atomic E-state index is 12.9. The fourth-order valence-corrected chi connectivity index (χ4v) is 4.50. The molecule has 1 aliphatic rings. The summed E-state index contributed by atoms with van der Waals surface area (Å²) in [6.45, 7) is 3.14. The number of likely N-dealkylation sites (tertiary alicyclic amines) is 1. The summed E-state index contributed by atoms with van der Waals surface area (Å²) in [6, 6.07) is 11.5. The number of aromatic nitrogens is 3. The Morgan fingerprint density at radius 3 is 2.79 bits per heavy atom. The molecule has 0 bridgehead atoms. The summed E-state index contributed by atoms with van der Waals surface area (Å²) in [7, 11) is 3.26. The number of fused-ring (bicyclic) bond motifs is 1. The van der Waals surface area contributed by atoms with Gasteiger partial charge in [-0.3, -0.25) is 4.79 Å².